The normalized spacial score (nSPS) is 15.1. The third kappa shape index (κ3) is 5.94. The van der Waals surface area contributed by atoms with Gasteiger partial charge in [0.1, 0.15) is 11.3 Å². The third-order valence-electron chi connectivity index (χ3n) is 6.73. The van der Waals surface area contributed by atoms with Crippen LogP contribution in [0.4, 0.5) is 5.82 Å². The Morgan fingerprint density at radius 2 is 2.00 bits per heavy atom. The van der Waals surface area contributed by atoms with Crippen molar-refractivity contribution in [1.29, 1.82) is 0 Å². The SMILES string of the molecule is CCCCOc1nc(N)c2[nH]c(=O)n(Cc3ccc(CN4CCC(CCN)CC4)cc3OC)c2n1. The lowest BCUT2D eigenvalue weighted by molar-refractivity contribution is 0.173. The van der Waals surface area contributed by atoms with Crippen molar-refractivity contribution in [2.45, 2.75) is 52.1 Å². The summed E-state index contributed by atoms with van der Waals surface area (Å²) < 4.78 is 12.9. The Bertz CT molecular complexity index is 1180. The van der Waals surface area contributed by atoms with E-state index in [1.807, 2.05) is 6.07 Å². The Labute approximate surface area is 205 Å². The monoisotopic (exact) mass is 483 g/mol. The van der Waals surface area contributed by atoms with E-state index in [9.17, 15) is 4.79 Å². The number of ether oxygens (including phenoxy) is 2. The first-order valence-electron chi connectivity index (χ1n) is 12.5. The molecule has 0 saturated carbocycles. The number of nitrogens with one attached hydrogen (secondary N) is 1. The van der Waals surface area contributed by atoms with E-state index in [0.717, 1.165) is 62.7 Å². The van der Waals surface area contributed by atoms with Gasteiger partial charge in [0.2, 0.25) is 0 Å². The van der Waals surface area contributed by atoms with Crippen LogP contribution in [0.3, 0.4) is 0 Å². The van der Waals surface area contributed by atoms with Gasteiger partial charge in [-0.2, -0.15) is 9.97 Å². The maximum absolute atomic E-state index is 12.8. The number of rotatable bonds is 11. The molecule has 1 aliphatic rings. The van der Waals surface area contributed by atoms with E-state index in [1.54, 1.807) is 11.7 Å². The summed E-state index contributed by atoms with van der Waals surface area (Å²) in [5.74, 6) is 1.68. The van der Waals surface area contributed by atoms with E-state index in [4.69, 9.17) is 20.9 Å². The highest BCUT2D eigenvalue weighted by atomic mass is 16.5. The largest absolute Gasteiger partial charge is 0.496 e. The predicted octanol–water partition coefficient (Wildman–Crippen LogP) is 2.50. The van der Waals surface area contributed by atoms with Crippen molar-refractivity contribution in [1.82, 2.24) is 24.4 Å². The quantitative estimate of drug-likeness (QED) is 0.354. The van der Waals surface area contributed by atoms with E-state index in [1.165, 1.54) is 18.4 Å². The summed E-state index contributed by atoms with van der Waals surface area (Å²) in [6.07, 6.45) is 5.40. The maximum Gasteiger partial charge on any atom is 0.328 e. The van der Waals surface area contributed by atoms with Gasteiger partial charge in [-0.15, -0.1) is 0 Å². The number of piperidine rings is 1. The first-order chi connectivity index (χ1) is 17.0. The van der Waals surface area contributed by atoms with E-state index >= 15 is 0 Å². The Hall–Kier alpha value is -3.11. The van der Waals surface area contributed by atoms with Gasteiger partial charge in [-0.1, -0.05) is 25.5 Å². The van der Waals surface area contributed by atoms with E-state index in [2.05, 4.69) is 38.9 Å². The number of anilines is 1. The Balaban J connectivity index is 1.52. The van der Waals surface area contributed by atoms with Crippen LogP contribution in [0, 0.1) is 5.92 Å². The second-order valence-corrected chi connectivity index (χ2v) is 9.25. The molecule has 1 saturated heterocycles. The van der Waals surface area contributed by atoms with Gasteiger partial charge in [0, 0.05) is 12.1 Å². The fourth-order valence-electron chi connectivity index (χ4n) is 4.67. The molecule has 190 valence electrons. The molecule has 10 nitrogen and oxygen atoms in total. The highest BCUT2D eigenvalue weighted by molar-refractivity contribution is 5.82. The first kappa shape index (κ1) is 25.0. The highest BCUT2D eigenvalue weighted by Crippen LogP contribution is 2.26. The minimum Gasteiger partial charge on any atom is -0.496 e. The summed E-state index contributed by atoms with van der Waals surface area (Å²) in [5.41, 5.74) is 14.4. The molecule has 1 aliphatic heterocycles. The number of likely N-dealkylation sites (tertiary alicyclic amines) is 1. The number of hydrogen-bond acceptors (Lipinski definition) is 8. The van der Waals surface area contributed by atoms with E-state index < -0.39 is 0 Å². The Morgan fingerprint density at radius 1 is 1.20 bits per heavy atom. The second kappa shape index (κ2) is 11.5. The number of benzene rings is 1. The molecular formula is C25H37N7O3. The van der Waals surface area contributed by atoms with Crippen molar-refractivity contribution >= 4 is 17.0 Å². The predicted molar refractivity (Wildman–Crippen MR) is 137 cm³/mol. The van der Waals surface area contributed by atoms with Crippen LogP contribution in [-0.2, 0) is 13.1 Å². The van der Waals surface area contributed by atoms with Crippen LogP contribution in [-0.4, -0.2) is 57.8 Å². The summed E-state index contributed by atoms with van der Waals surface area (Å²) in [5, 5.41) is 0. The molecule has 3 aromatic rings. The summed E-state index contributed by atoms with van der Waals surface area (Å²) in [6, 6.07) is 6.36. The van der Waals surface area contributed by atoms with Crippen LogP contribution in [0.2, 0.25) is 0 Å². The number of H-pyrrole nitrogens is 1. The molecule has 1 fully saturated rings. The average molecular weight is 484 g/mol. The smallest absolute Gasteiger partial charge is 0.328 e. The van der Waals surface area contributed by atoms with Crippen molar-refractivity contribution in [2.75, 3.05) is 39.1 Å². The average Bonchev–Trinajstić information content (AvgIpc) is 3.17. The van der Waals surface area contributed by atoms with Crippen LogP contribution in [0.25, 0.3) is 11.2 Å². The lowest BCUT2D eigenvalue weighted by Gasteiger charge is -2.32. The minimum atomic E-state index is -0.307. The van der Waals surface area contributed by atoms with Gasteiger partial charge < -0.3 is 25.9 Å². The number of aromatic amines is 1. The Kier molecular flexibility index (Phi) is 8.25. The maximum atomic E-state index is 12.8. The van der Waals surface area contributed by atoms with Crippen molar-refractivity contribution in [3.63, 3.8) is 0 Å². The van der Waals surface area contributed by atoms with Crippen LogP contribution < -0.4 is 26.6 Å². The standard InChI is InChI=1S/C25H37N7O3/c1-3-4-13-35-24-29-22(27)21-23(30-24)32(25(33)28-21)16-19-6-5-18(14-20(19)34-2)15-31-11-8-17(7-10-26)9-12-31/h5-6,14,17H,3-4,7-13,15-16,26H2,1-2H3,(H,28,33)(H2,27,29,30). The number of nitrogen functional groups attached to an aromatic ring is 1. The molecule has 3 heterocycles. The number of imidazole rings is 1. The molecule has 4 rings (SSSR count). The second-order valence-electron chi connectivity index (χ2n) is 9.25. The van der Waals surface area contributed by atoms with E-state index in [0.29, 0.717) is 17.8 Å². The van der Waals surface area contributed by atoms with Gasteiger partial charge in [0.05, 0.1) is 20.3 Å². The van der Waals surface area contributed by atoms with E-state index in [-0.39, 0.29) is 24.1 Å². The topological polar surface area (TPSA) is 137 Å². The van der Waals surface area contributed by atoms with Crippen molar-refractivity contribution < 1.29 is 9.47 Å². The third-order valence-corrected chi connectivity index (χ3v) is 6.73. The molecule has 0 amide bonds. The molecule has 0 radical (unpaired) electrons. The fourth-order valence-corrected chi connectivity index (χ4v) is 4.67. The number of aromatic nitrogens is 4. The van der Waals surface area contributed by atoms with Crippen LogP contribution >= 0.6 is 0 Å². The van der Waals surface area contributed by atoms with Crippen LogP contribution in [0.15, 0.2) is 23.0 Å². The van der Waals surface area contributed by atoms with Gasteiger partial charge in [-0.05, 0) is 62.9 Å². The summed E-state index contributed by atoms with van der Waals surface area (Å²) in [6.45, 7) is 6.69. The summed E-state index contributed by atoms with van der Waals surface area (Å²) >= 11 is 0. The lowest BCUT2D eigenvalue weighted by atomic mass is 9.93. The fraction of sp³-hybridized carbons (Fsp3) is 0.560. The van der Waals surface area contributed by atoms with Crippen LogP contribution in [0.1, 0.15) is 50.2 Å². The van der Waals surface area contributed by atoms with Crippen molar-refractivity contribution in [2.24, 2.45) is 11.7 Å². The molecule has 0 spiro atoms. The number of nitrogens with zero attached hydrogens (tertiary/aromatic N) is 4. The molecular weight excluding hydrogens is 446 g/mol. The molecule has 0 unspecified atom stereocenters. The Morgan fingerprint density at radius 3 is 2.71 bits per heavy atom. The number of fused-ring (bicyclic) bond motifs is 1. The number of unbranched alkanes of at least 4 members (excludes halogenated alkanes) is 1. The molecule has 0 aliphatic carbocycles. The van der Waals surface area contributed by atoms with Crippen LogP contribution in [0.5, 0.6) is 11.8 Å². The number of hydrogen-bond donors (Lipinski definition) is 3. The molecule has 5 N–H and O–H groups in total. The molecule has 0 bridgehead atoms. The van der Waals surface area contributed by atoms with Gasteiger partial charge in [-0.25, -0.2) is 4.79 Å². The lowest BCUT2D eigenvalue weighted by Crippen LogP contribution is -2.33. The zero-order chi connectivity index (χ0) is 24.8. The first-order valence-corrected chi connectivity index (χ1v) is 12.5. The molecule has 35 heavy (non-hydrogen) atoms. The van der Waals surface area contributed by atoms with Crippen molar-refractivity contribution in [3.8, 4) is 11.8 Å². The molecule has 10 heteroatoms. The highest BCUT2D eigenvalue weighted by Gasteiger charge is 2.20. The minimum absolute atomic E-state index is 0.175. The molecule has 0 atom stereocenters. The van der Waals surface area contributed by atoms with Gasteiger partial charge >= 0.3 is 11.7 Å². The zero-order valence-electron chi connectivity index (χ0n) is 20.8. The molecule has 1 aromatic carbocycles. The summed E-state index contributed by atoms with van der Waals surface area (Å²) in [7, 11) is 1.65. The zero-order valence-corrected chi connectivity index (χ0v) is 20.8. The van der Waals surface area contributed by atoms with Crippen molar-refractivity contribution in [3.05, 3.63) is 39.8 Å². The van der Waals surface area contributed by atoms with Gasteiger partial charge in [-0.3, -0.25) is 9.47 Å². The number of nitrogens with two attached hydrogens (primary N) is 2. The summed E-state index contributed by atoms with van der Waals surface area (Å²) in [4.78, 5) is 26.6. The van der Waals surface area contributed by atoms with Gasteiger partial charge in [0.25, 0.3) is 0 Å². The number of methoxy groups -OCH3 is 1. The molecule has 2 aromatic heterocycles. The van der Waals surface area contributed by atoms with Gasteiger partial charge in [0.15, 0.2) is 11.5 Å².